The second-order valence-corrected chi connectivity index (χ2v) is 7.64. The van der Waals surface area contributed by atoms with Gasteiger partial charge in [-0.1, -0.05) is 96.8 Å². The van der Waals surface area contributed by atoms with Crippen LogP contribution in [0.5, 0.6) is 0 Å². The van der Waals surface area contributed by atoms with Crippen molar-refractivity contribution >= 4 is 5.97 Å². The van der Waals surface area contributed by atoms with Gasteiger partial charge in [-0.3, -0.25) is 0 Å². The van der Waals surface area contributed by atoms with Crippen LogP contribution in [-0.4, -0.2) is 5.97 Å². The van der Waals surface area contributed by atoms with Crippen molar-refractivity contribution in [2.75, 3.05) is 0 Å². The highest BCUT2D eigenvalue weighted by Gasteiger charge is 2.28. The van der Waals surface area contributed by atoms with Gasteiger partial charge in [0, 0.05) is 0 Å². The molecular weight excluding hydrogens is 286 g/mol. The van der Waals surface area contributed by atoms with E-state index in [-0.39, 0.29) is 5.97 Å². The van der Waals surface area contributed by atoms with Crippen molar-refractivity contribution in [3.63, 3.8) is 0 Å². The Balaban J connectivity index is 3.24. The van der Waals surface area contributed by atoms with Crippen molar-refractivity contribution in [1.29, 1.82) is 0 Å². The molecule has 0 aromatic carbocycles. The summed E-state index contributed by atoms with van der Waals surface area (Å²) in [6.07, 6.45) is 19.8. The third-order valence-corrected chi connectivity index (χ3v) is 4.81. The highest BCUT2D eigenvalue weighted by Crippen LogP contribution is 2.25. The highest BCUT2D eigenvalue weighted by molar-refractivity contribution is 5.75. The summed E-state index contributed by atoms with van der Waals surface area (Å²) in [5.74, 6) is 4.66. The number of rotatable bonds is 16. The quantitative estimate of drug-likeness (QED) is 0.267. The molecule has 0 amide bonds. The van der Waals surface area contributed by atoms with E-state index in [2.05, 4.69) is 11.8 Å². The molecule has 0 atom stereocenters. The van der Waals surface area contributed by atoms with Crippen LogP contribution in [-0.2, 0) is 9.63 Å². The van der Waals surface area contributed by atoms with Crippen LogP contribution in [0.1, 0.15) is 117 Å². The summed E-state index contributed by atoms with van der Waals surface area (Å²) in [4.78, 5) is 15.8. The minimum Gasteiger partial charge on any atom is -0.373 e. The zero-order chi connectivity index (χ0) is 17.4. The first-order valence-electron chi connectivity index (χ1n) is 9.95. The lowest BCUT2D eigenvalue weighted by atomic mass is 9.87. The van der Waals surface area contributed by atoms with Crippen LogP contribution in [0.25, 0.3) is 0 Å². The molecule has 0 aliphatic heterocycles. The second kappa shape index (κ2) is 15.0. The Morgan fingerprint density at radius 3 is 1.43 bits per heavy atom. The van der Waals surface area contributed by atoms with E-state index in [0.717, 1.165) is 12.8 Å². The van der Waals surface area contributed by atoms with Crippen molar-refractivity contribution in [3.8, 4) is 0 Å². The van der Waals surface area contributed by atoms with Gasteiger partial charge in [0.25, 0.3) is 0 Å². The molecule has 0 unspecified atom stereocenters. The summed E-state index contributed by atoms with van der Waals surface area (Å²) in [5.41, 5.74) is -0.439. The van der Waals surface area contributed by atoms with Gasteiger partial charge in [0.05, 0.1) is 5.41 Å². The van der Waals surface area contributed by atoms with E-state index in [4.69, 9.17) is 5.90 Å². The van der Waals surface area contributed by atoms with Gasteiger partial charge in [0.1, 0.15) is 0 Å². The zero-order valence-corrected chi connectivity index (χ0v) is 16.0. The van der Waals surface area contributed by atoms with Crippen molar-refractivity contribution < 1.29 is 9.63 Å². The average Bonchev–Trinajstić information content (AvgIpc) is 2.54. The van der Waals surface area contributed by atoms with Gasteiger partial charge in [0.15, 0.2) is 0 Å². The topological polar surface area (TPSA) is 52.3 Å². The molecule has 0 rings (SSSR count). The van der Waals surface area contributed by atoms with Crippen LogP contribution in [0, 0.1) is 5.41 Å². The molecule has 0 saturated carbocycles. The first-order valence-corrected chi connectivity index (χ1v) is 9.95. The van der Waals surface area contributed by atoms with E-state index in [9.17, 15) is 4.79 Å². The molecule has 0 aliphatic rings. The smallest absolute Gasteiger partial charge is 0.329 e. The number of carbonyl (C=O) groups excluding carboxylic acids is 1. The Morgan fingerprint density at radius 2 is 1.09 bits per heavy atom. The first-order chi connectivity index (χ1) is 11.0. The molecule has 0 fully saturated rings. The fourth-order valence-electron chi connectivity index (χ4n) is 3.02. The minimum atomic E-state index is -0.439. The number of carbonyl (C=O) groups is 1. The fraction of sp³-hybridized carbons (Fsp3) is 0.950. The zero-order valence-electron chi connectivity index (χ0n) is 16.0. The van der Waals surface area contributed by atoms with Crippen LogP contribution in [0.15, 0.2) is 0 Å². The van der Waals surface area contributed by atoms with Gasteiger partial charge < -0.3 is 4.84 Å². The molecule has 0 aliphatic carbocycles. The molecule has 0 aromatic rings. The number of hydrogen-bond acceptors (Lipinski definition) is 3. The van der Waals surface area contributed by atoms with Gasteiger partial charge >= 0.3 is 5.97 Å². The van der Waals surface area contributed by atoms with Crippen LogP contribution >= 0.6 is 0 Å². The van der Waals surface area contributed by atoms with Gasteiger partial charge in [-0.15, -0.1) is 0 Å². The van der Waals surface area contributed by atoms with E-state index in [1.807, 2.05) is 13.8 Å². The molecule has 0 radical (unpaired) electrons. The molecule has 23 heavy (non-hydrogen) atoms. The van der Waals surface area contributed by atoms with E-state index >= 15 is 0 Å². The number of hydrogen-bond donors (Lipinski definition) is 1. The van der Waals surface area contributed by atoms with Gasteiger partial charge in [-0.2, -0.15) is 5.90 Å². The van der Waals surface area contributed by atoms with E-state index in [1.165, 1.54) is 83.5 Å². The predicted molar refractivity (Wildman–Crippen MR) is 99.0 cm³/mol. The first kappa shape index (κ1) is 22.4. The lowest BCUT2D eigenvalue weighted by Gasteiger charge is -2.20. The van der Waals surface area contributed by atoms with Gasteiger partial charge in [-0.05, 0) is 20.3 Å². The maximum atomic E-state index is 11.5. The van der Waals surface area contributed by atoms with Crippen molar-refractivity contribution in [1.82, 2.24) is 0 Å². The second-order valence-electron chi connectivity index (χ2n) is 7.64. The Hall–Kier alpha value is -0.570. The normalized spacial score (nSPS) is 11.7. The van der Waals surface area contributed by atoms with Gasteiger partial charge in [0.2, 0.25) is 0 Å². The van der Waals surface area contributed by atoms with E-state index in [1.54, 1.807) is 0 Å². The third kappa shape index (κ3) is 13.6. The Morgan fingerprint density at radius 1 is 0.739 bits per heavy atom. The van der Waals surface area contributed by atoms with Crippen molar-refractivity contribution in [2.45, 2.75) is 117 Å². The largest absolute Gasteiger partial charge is 0.373 e. The molecule has 0 heterocycles. The Labute approximate surface area is 144 Å². The van der Waals surface area contributed by atoms with Crippen LogP contribution in [0.2, 0.25) is 0 Å². The average molecular weight is 328 g/mol. The fourth-order valence-corrected chi connectivity index (χ4v) is 3.02. The number of nitrogens with two attached hydrogens (primary N) is 1. The van der Waals surface area contributed by atoms with Gasteiger partial charge in [-0.25, -0.2) is 4.79 Å². The number of unbranched alkanes of at least 4 members (excludes halogenated alkanes) is 13. The van der Waals surface area contributed by atoms with E-state index in [0.29, 0.717) is 0 Å². The minimum absolute atomic E-state index is 0.299. The standard InChI is InChI=1S/C20H41NO2/c1-4-5-6-7-8-9-10-11-12-13-14-15-16-17-18-20(2,3)19(22)23-21/h4-18,21H2,1-3H3. The predicted octanol–water partition coefficient (Wildman–Crippen LogP) is 6.30. The third-order valence-electron chi connectivity index (χ3n) is 4.81. The maximum Gasteiger partial charge on any atom is 0.329 e. The molecule has 0 spiro atoms. The lowest BCUT2D eigenvalue weighted by molar-refractivity contribution is -0.155. The Kier molecular flexibility index (Phi) is 14.6. The summed E-state index contributed by atoms with van der Waals surface area (Å²) < 4.78 is 0. The lowest BCUT2D eigenvalue weighted by Crippen LogP contribution is -2.28. The molecule has 0 saturated heterocycles. The molecule has 138 valence electrons. The monoisotopic (exact) mass is 327 g/mol. The maximum absolute atomic E-state index is 11.5. The van der Waals surface area contributed by atoms with Crippen molar-refractivity contribution in [3.05, 3.63) is 0 Å². The van der Waals surface area contributed by atoms with Crippen LogP contribution in [0.3, 0.4) is 0 Å². The summed E-state index contributed by atoms with van der Waals surface area (Å²) >= 11 is 0. The molecule has 2 N–H and O–H groups in total. The van der Waals surface area contributed by atoms with E-state index < -0.39 is 5.41 Å². The molecule has 0 aromatic heterocycles. The summed E-state index contributed by atoms with van der Waals surface area (Å²) in [7, 11) is 0. The molecule has 3 heteroatoms. The van der Waals surface area contributed by atoms with Crippen LogP contribution < -0.4 is 5.90 Å². The highest BCUT2D eigenvalue weighted by atomic mass is 16.7. The van der Waals surface area contributed by atoms with Crippen molar-refractivity contribution in [2.24, 2.45) is 11.3 Å². The molecule has 0 bridgehead atoms. The summed E-state index contributed by atoms with van der Waals surface area (Å²) in [6.45, 7) is 6.09. The Bertz CT molecular complexity index is 277. The molecular formula is C20H41NO2. The summed E-state index contributed by atoms with van der Waals surface area (Å²) in [6, 6.07) is 0. The summed E-state index contributed by atoms with van der Waals surface area (Å²) in [5, 5.41) is 0. The van der Waals surface area contributed by atoms with Crippen LogP contribution in [0.4, 0.5) is 0 Å². The molecule has 3 nitrogen and oxygen atoms in total. The SMILES string of the molecule is CCCCCCCCCCCCCCCCC(C)(C)C(=O)ON.